The fourth-order valence-corrected chi connectivity index (χ4v) is 5.29. The molecule has 0 saturated carbocycles. The van der Waals surface area contributed by atoms with Gasteiger partial charge in [-0.05, 0) is 35.0 Å². The molecule has 0 radical (unpaired) electrons. The summed E-state index contributed by atoms with van der Waals surface area (Å²) in [5, 5.41) is 2.62. The van der Waals surface area contributed by atoms with Gasteiger partial charge in [-0.1, -0.05) is 88.7 Å². The Kier molecular flexibility index (Phi) is 5.44. The molecule has 0 aliphatic carbocycles. The van der Waals surface area contributed by atoms with Gasteiger partial charge in [0.05, 0.1) is 6.10 Å². The fraction of sp³-hybridized carbons (Fsp3) is 0.100. The van der Waals surface area contributed by atoms with Gasteiger partial charge in [0.1, 0.15) is 0 Å². The summed E-state index contributed by atoms with van der Waals surface area (Å²) < 4.78 is 7.66. The maximum absolute atomic E-state index is 6.57. The van der Waals surface area contributed by atoms with Crippen molar-refractivity contribution in [1.29, 1.82) is 0 Å². The molecule has 0 bridgehead atoms. The third-order valence-corrected chi connectivity index (χ3v) is 7.07. The van der Waals surface area contributed by atoms with E-state index in [-0.39, 0.29) is 6.10 Å². The highest BCUT2D eigenvalue weighted by molar-refractivity contribution is 9.10. The van der Waals surface area contributed by atoms with Crippen LogP contribution in [0.1, 0.15) is 18.6 Å². The molecular weight excluding hydrogens is 364 g/mol. The molecule has 0 spiro atoms. The summed E-state index contributed by atoms with van der Waals surface area (Å²) in [6, 6.07) is 29.6. The third-order valence-electron chi connectivity index (χ3n) is 3.88. The molecule has 0 aliphatic heterocycles. The Balaban J connectivity index is 1.88. The second-order valence-electron chi connectivity index (χ2n) is 5.53. The van der Waals surface area contributed by atoms with Crippen LogP contribution in [-0.2, 0) is 4.43 Å². The summed E-state index contributed by atoms with van der Waals surface area (Å²) in [5.74, 6) is 0. The number of benzene rings is 3. The van der Waals surface area contributed by atoms with Gasteiger partial charge in [0, 0.05) is 4.47 Å². The Morgan fingerprint density at radius 2 is 1.22 bits per heavy atom. The molecule has 3 heteroatoms. The van der Waals surface area contributed by atoms with E-state index >= 15 is 0 Å². The van der Waals surface area contributed by atoms with Crippen molar-refractivity contribution >= 4 is 35.3 Å². The van der Waals surface area contributed by atoms with Crippen LogP contribution in [0.5, 0.6) is 0 Å². The third kappa shape index (κ3) is 4.19. The summed E-state index contributed by atoms with van der Waals surface area (Å²) in [5.41, 5.74) is 1.21. The molecule has 0 fully saturated rings. The molecular formula is C20H19BrOSi. The SMILES string of the molecule is CC(O[SiH](c1ccccc1)c1ccccc1)c1ccc(Br)cc1. The molecule has 3 rings (SSSR count). The summed E-state index contributed by atoms with van der Waals surface area (Å²) in [6.07, 6.45) is 0.0696. The maximum Gasteiger partial charge on any atom is 0.240 e. The highest BCUT2D eigenvalue weighted by Crippen LogP contribution is 2.20. The first-order valence-electron chi connectivity index (χ1n) is 7.75. The number of halogens is 1. The van der Waals surface area contributed by atoms with E-state index in [4.69, 9.17) is 4.43 Å². The Bertz CT molecular complexity index is 689. The first kappa shape index (κ1) is 16.2. The summed E-state index contributed by atoms with van der Waals surface area (Å²) in [4.78, 5) is 0. The zero-order valence-corrected chi connectivity index (χ0v) is 15.8. The van der Waals surface area contributed by atoms with Crippen LogP contribution < -0.4 is 10.4 Å². The quantitative estimate of drug-likeness (QED) is 0.604. The van der Waals surface area contributed by atoms with E-state index in [9.17, 15) is 0 Å². The zero-order chi connectivity index (χ0) is 16.1. The van der Waals surface area contributed by atoms with Gasteiger partial charge in [-0.25, -0.2) is 0 Å². The van der Waals surface area contributed by atoms with E-state index in [1.54, 1.807) is 0 Å². The molecule has 1 unspecified atom stereocenters. The van der Waals surface area contributed by atoms with Crippen LogP contribution in [0, 0.1) is 0 Å². The largest absolute Gasteiger partial charge is 0.404 e. The Morgan fingerprint density at radius 1 is 0.739 bits per heavy atom. The number of hydrogen-bond donors (Lipinski definition) is 0. The van der Waals surface area contributed by atoms with Crippen molar-refractivity contribution in [2.24, 2.45) is 0 Å². The maximum atomic E-state index is 6.57. The van der Waals surface area contributed by atoms with Crippen LogP contribution in [0.25, 0.3) is 0 Å². The molecule has 0 aromatic heterocycles. The van der Waals surface area contributed by atoms with Crippen LogP contribution in [0.3, 0.4) is 0 Å². The Hall–Kier alpha value is -1.68. The second kappa shape index (κ2) is 7.73. The van der Waals surface area contributed by atoms with E-state index in [2.05, 4.69) is 108 Å². The number of rotatable bonds is 5. The van der Waals surface area contributed by atoms with E-state index in [0.717, 1.165) is 4.47 Å². The van der Waals surface area contributed by atoms with Crippen LogP contribution in [0.2, 0.25) is 0 Å². The van der Waals surface area contributed by atoms with Gasteiger partial charge < -0.3 is 4.43 Å². The lowest BCUT2D eigenvalue weighted by Crippen LogP contribution is -2.45. The molecule has 0 saturated heterocycles. The van der Waals surface area contributed by atoms with Gasteiger partial charge in [0.2, 0.25) is 9.04 Å². The first-order valence-corrected chi connectivity index (χ1v) is 10.2. The molecule has 1 atom stereocenters. The highest BCUT2D eigenvalue weighted by Gasteiger charge is 2.20. The van der Waals surface area contributed by atoms with Gasteiger partial charge in [-0.2, -0.15) is 0 Å². The summed E-state index contributed by atoms with van der Waals surface area (Å²) in [7, 11) is -1.70. The summed E-state index contributed by atoms with van der Waals surface area (Å²) >= 11 is 3.49. The van der Waals surface area contributed by atoms with Crippen molar-refractivity contribution in [1.82, 2.24) is 0 Å². The molecule has 23 heavy (non-hydrogen) atoms. The first-order chi connectivity index (χ1) is 11.2. The van der Waals surface area contributed by atoms with Crippen LogP contribution in [0.15, 0.2) is 89.4 Å². The van der Waals surface area contributed by atoms with Crippen molar-refractivity contribution in [2.45, 2.75) is 13.0 Å². The van der Waals surface area contributed by atoms with E-state index in [1.807, 2.05) is 0 Å². The predicted molar refractivity (Wildman–Crippen MR) is 103 cm³/mol. The Morgan fingerprint density at radius 3 is 1.70 bits per heavy atom. The van der Waals surface area contributed by atoms with Crippen molar-refractivity contribution in [3.63, 3.8) is 0 Å². The minimum atomic E-state index is -1.70. The van der Waals surface area contributed by atoms with Gasteiger partial charge in [0.15, 0.2) is 0 Å². The molecule has 3 aromatic carbocycles. The molecule has 0 amide bonds. The summed E-state index contributed by atoms with van der Waals surface area (Å²) in [6.45, 7) is 2.13. The topological polar surface area (TPSA) is 9.23 Å². The van der Waals surface area contributed by atoms with Crippen molar-refractivity contribution in [2.75, 3.05) is 0 Å². The standard InChI is InChI=1S/C20H19BrOSi/c1-16(17-12-14-18(21)15-13-17)22-23(19-8-4-2-5-9-19)20-10-6-3-7-11-20/h2-16,23H,1H3. The van der Waals surface area contributed by atoms with Gasteiger partial charge in [-0.15, -0.1) is 0 Å². The van der Waals surface area contributed by atoms with Gasteiger partial charge >= 0.3 is 0 Å². The highest BCUT2D eigenvalue weighted by atomic mass is 79.9. The van der Waals surface area contributed by atoms with E-state index in [0.29, 0.717) is 0 Å². The lowest BCUT2D eigenvalue weighted by molar-refractivity contribution is 0.237. The zero-order valence-electron chi connectivity index (χ0n) is 13.0. The van der Waals surface area contributed by atoms with Crippen LogP contribution in [0.4, 0.5) is 0 Å². The monoisotopic (exact) mass is 382 g/mol. The molecule has 0 aliphatic rings. The molecule has 0 N–H and O–H groups in total. The fourth-order valence-electron chi connectivity index (χ4n) is 2.62. The van der Waals surface area contributed by atoms with Crippen LogP contribution >= 0.6 is 15.9 Å². The normalized spacial score (nSPS) is 12.3. The predicted octanol–water partition coefficient (Wildman–Crippen LogP) is 4.06. The molecule has 1 nitrogen and oxygen atoms in total. The van der Waals surface area contributed by atoms with Gasteiger partial charge in [0.25, 0.3) is 0 Å². The lowest BCUT2D eigenvalue weighted by atomic mass is 10.1. The van der Waals surface area contributed by atoms with Gasteiger partial charge in [-0.3, -0.25) is 0 Å². The molecule has 3 aromatic rings. The molecule has 116 valence electrons. The average molecular weight is 383 g/mol. The van der Waals surface area contributed by atoms with Crippen molar-refractivity contribution in [3.05, 3.63) is 95.0 Å². The smallest absolute Gasteiger partial charge is 0.240 e. The number of hydrogen-bond acceptors (Lipinski definition) is 1. The molecule has 0 heterocycles. The van der Waals surface area contributed by atoms with E-state index in [1.165, 1.54) is 15.9 Å². The average Bonchev–Trinajstić information content (AvgIpc) is 2.61. The van der Waals surface area contributed by atoms with Crippen molar-refractivity contribution < 1.29 is 4.43 Å². The lowest BCUT2D eigenvalue weighted by Gasteiger charge is -2.22. The van der Waals surface area contributed by atoms with Crippen LogP contribution in [-0.4, -0.2) is 9.04 Å². The van der Waals surface area contributed by atoms with E-state index < -0.39 is 9.04 Å². The second-order valence-corrected chi connectivity index (χ2v) is 8.81. The Labute approximate surface area is 147 Å². The minimum absolute atomic E-state index is 0.0696. The van der Waals surface area contributed by atoms with Crippen molar-refractivity contribution in [3.8, 4) is 0 Å². The minimum Gasteiger partial charge on any atom is -0.404 e.